The van der Waals surface area contributed by atoms with Crippen molar-refractivity contribution in [2.24, 2.45) is 0 Å². The topological polar surface area (TPSA) is 108 Å². The molecule has 1 amide bonds. The van der Waals surface area contributed by atoms with Crippen molar-refractivity contribution in [2.45, 2.75) is 26.4 Å². The van der Waals surface area contributed by atoms with Gasteiger partial charge in [0.05, 0.1) is 29.9 Å². The Kier molecular flexibility index (Phi) is 5.25. The molecule has 0 aliphatic carbocycles. The van der Waals surface area contributed by atoms with Crippen LogP contribution in [0.15, 0.2) is 42.9 Å². The van der Waals surface area contributed by atoms with Gasteiger partial charge in [0, 0.05) is 18.2 Å². The molecule has 3 rings (SSSR count). The second kappa shape index (κ2) is 7.77. The first-order chi connectivity index (χ1) is 12.9. The van der Waals surface area contributed by atoms with Crippen molar-refractivity contribution in [3.63, 3.8) is 0 Å². The average molecular weight is 372 g/mol. The van der Waals surface area contributed by atoms with Crippen molar-refractivity contribution in [2.75, 3.05) is 5.32 Å². The fourth-order valence-corrected chi connectivity index (χ4v) is 2.59. The summed E-state index contributed by atoms with van der Waals surface area (Å²) in [4.78, 5) is 22.4. The van der Waals surface area contributed by atoms with E-state index in [0.29, 0.717) is 16.9 Å². The molecule has 0 radical (unpaired) electrons. The number of nitro groups is 1. The van der Waals surface area contributed by atoms with Crippen molar-refractivity contribution in [1.29, 1.82) is 0 Å². The Hall–Kier alpha value is -3.56. The number of carbonyl (C=O) groups excluding carboxylic acids is 1. The molecule has 0 spiro atoms. The lowest BCUT2D eigenvalue weighted by Crippen LogP contribution is -2.15. The molecule has 9 nitrogen and oxygen atoms in total. The van der Waals surface area contributed by atoms with E-state index in [1.807, 2.05) is 0 Å². The van der Waals surface area contributed by atoms with E-state index in [2.05, 4.69) is 15.5 Å². The highest BCUT2D eigenvalue weighted by Gasteiger charge is 2.16. The third-order valence-electron chi connectivity index (χ3n) is 4.03. The fraction of sp³-hybridized carbons (Fsp3) is 0.235. The second-order valence-electron chi connectivity index (χ2n) is 5.91. The van der Waals surface area contributed by atoms with E-state index >= 15 is 0 Å². The van der Waals surface area contributed by atoms with Crippen LogP contribution < -0.4 is 5.32 Å². The van der Waals surface area contributed by atoms with Gasteiger partial charge in [-0.3, -0.25) is 24.3 Å². The summed E-state index contributed by atoms with van der Waals surface area (Å²) in [6.45, 7) is 2.04. The minimum Gasteiger partial charge on any atom is -0.323 e. The first-order valence-electron chi connectivity index (χ1n) is 8.16. The summed E-state index contributed by atoms with van der Waals surface area (Å²) in [5.74, 6) is -0.597. The van der Waals surface area contributed by atoms with Gasteiger partial charge in [0.15, 0.2) is 0 Å². The fourth-order valence-electron chi connectivity index (χ4n) is 2.59. The second-order valence-corrected chi connectivity index (χ2v) is 5.91. The number of hydrogen-bond donors (Lipinski definition) is 1. The van der Waals surface area contributed by atoms with Crippen molar-refractivity contribution < 1.29 is 14.1 Å². The van der Waals surface area contributed by atoms with E-state index in [0.717, 1.165) is 0 Å². The number of nitrogens with one attached hydrogen (secondary N) is 1. The van der Waals surface area contributed by atoms with Crippen LogP contribution in [0.5, 0.6) is 0 Å². The largest absolute Gasteiger partial charge is 0.323 e. The van der Waals surface area contributed by atoms with Gasteiger partial charge in [-0.2, -0.15) is 10.2 Å². The molecule has 0 atom stereocenters. The van der Waals surface area contributed by atoms with Crippen LogP contribution in [0.3, 0.4) is 0 Å². The van der Waals surface area contributed by atoms with Crippen molar-refractivity contribution in [1.82, 2.24) is 19.6 Å². The highest BCUT2D eigenvalue weighted by molar-refractivity contribution is 5.90. The zero-order valence-electron chi connectivity index (χ0n) is 14.5. The Morgan fingerprint density at radius 1 is 1.30 bits per heavy atom. The minimum absolute atomic E-state index is 0.0789. The van der Waals surface area contributed by atoms with E-state index in [1.165, 1.54) is 27.8 Å². The lowest BCUT2D eigenvalue weighted by atomic mass is 10.2. The summed E-state index contributed by atoms with van der Waals surface area (Å²) in [5.41, 5.74) is 1.30. The first-order valence-corrected chi connectivity index (χ1v) is 8.16. The van der Waals surface area contributed by atoms with Gasteiger partial charge in [-0.25, -0.2) is 4.39 Å². The maximum Gasteiger partial charge on any atom is 0.309 e. The number of anilines is 1. The minimum atomic E-state index is -0.511. The summed E-state index contributed by atoms with van der Waals surface area (Å²) < 4.78 is 16.6. The van der Waals surface area contributed by atoms with Gasteiger partial charge in [-0.1, -0.05) is 18.2 Å². The lowest BCUT2D eigenvalue weighted by molar-refractivity contribution is -0.385. The Balaban J connectivity index is 1.55. The van der Waals surface area contributed by atoms with Crippen LogP contribution in [0.2, 0.25) is 0 Å². The molecule has 2 heterocycles. The molecule has 2 aromatic heterocycles. The smallest absolute Gasteiger partial charge is 0.309 e. The van der Waals surface area contributed by atoms with Gasteiger partial charge in [0.2, 0.25) is 5.91 Å². The molecule has 0 saturated heterocycles. The predicted octanol–water partition coefficient (Wildman–Crippen LogP) is 2.51. The number of carbonyl (C=O) groups is 1. The first kappa shape index (κ1) is 18.2. The van der Waals surface area contributed by atoms with Crippen molar-refractivity contribution in [3.8, 4) is 0 Å². The zero-order chi connectivity index (χ0) is 19.4. The highest BCUT2D eigenvalue weighted by Crippen LogP contribution is 2.16. The Morgan fingerprint density at radius 2 is 2.07 bits per heavy atom. The molecular weight excluding hydrogens is 355 g/mol. The van der Waals surface area contributed by atoms with Crippen LogP contribution in [0.25, 0.3) is 0 Å². The standard InChI is InChI=1S/C17H17FN6O3/c1-12-16(24(26)27)9-20-23(12)7-6-17(25)21-14-8-19-22(11-14)10-13-4-2-3-5-15(13)18/h2-5,8-9,11H,6-7,10H2,1H3,(H,21,25). The molecular formula is C17H17FN6O3. The number of halogens is 1. The van der Waals surface area contributed by atoms with E-state index in [-0.39, 0.29) is 36.9 Å². The molecule has 0 fully saturated rings. The van der Waals surface area contributed by atoms with Gasteiger partial charge in [0.1, 0.15) is 17.7 Å². The van der Waals surface area contributed by atoms with Crippen LogP contribution >= 0.6 is 0 Å². The molecule has 0 aliphatic heterocycles. The number of aryl methyl sites for hydroxylation is 1. The van der Waals surface area contributed by atoms with Crippen LogP contribution in [0.1, 0.15) is 17.7 Å². The average Bonchev–Trinajstić information content (AvgIpc) is 3.21. The van der Waals surface area contributed by atoms with Crippen LogP contribution in [-0.2, 0) is 17.9 Å². The van der Waals surface area contributed by atoms with E-state index < -0.39 is 4.92 Å². The van der Waals surface area contributed by atoms with Gasteiger partial charge in [0.25, 0.3) is 0 Å². The molecule has 140 valence electrons. The number of rotatable bonds is 7. The van der Waals surface area contributed by atoms with E-state index in [1.54, 1.807) is 31.3 Å². The van der Waals surface area contributed by atoms with Gasteiger partial charge in [-0.15, -0.1) is 0 Å². The normalized spacial score (nSPS) is 10.7. The molecule has 1 aromatic carbocycles. The Morgan fingerprint density at radius 3 is 2.78 bits per heavy atom. The molecule has 0 bridgehead atoms. The summed E-state index contributed by atoms with van der Waals surface area (Å²) in [5, 5.41) is 21.5. The zero-order valence-corrected chi connectivity index (χ0v) is 14.5. The van der Waals surface area contributed by atoms with Gasteiger partial charge < -0.3 is 5.32 Å². The Labute approximate surface area is 153 Å². The third kappa shape index (κ3) is 4.35. The maximum absolute atomic E-state index is 13.7. The maximum atomic E-state index is 13.7. The predicted molar refractivity (Wildman–Crippen MR) is 94.6 cm³/mol. The number of benzene rings is 1. The quantitative estimate of drug-likeness (QED) is 0.506. The van der Waals surface area contributed by atoms with Crippen LogP contribution in [-0.4, -0.2) is 30.4 Å². The van der Waals surface area contributed by atoms with Gasteiger partial charge in [-0.05, 0) is 13.0 Å². The molecule has 0 unspecified atom stereocenters. The van der Waals surface area contributed by atoms with Crippen LogP contribution in [0, 0.1) is 22.9 Å². The van der Waals surface area contributed by atoms with E-state index in [9.17, 15) is 19.3 Å². The van der Waals surface area contributed by atoms with E-state index in [4.69, 9.17) is 0 Å². The van der Waals surface area contributed by atoms with Crippen LogP contribution in [0.4, 0.5) is 15.8 Å². The molecule has 0 aliphatic rings. The summed E-state index contributed by atoms with van der Waals surface area (Å²) in [6, 6.07) is 6.40. The lowest BCUT2D eigenvalue weighted by Gasteiger charge is -2.05. The number of amides is 1. The summed E-state index contributed by atoms with van der Waals surface area (Å²) >= 11 is 0. The summed E-state index contributed by atoms with van der Waals surface area (Å²) in [6.07, 6.45) is 4.34. The van der Waals surface area contributed by atoms with Gasteiger partial charge >= 0.3 is 5.69 Å². The monoisotopic (exact) mass is 372 g/mol. The van der Waals surface area contributed by atoms with Crippen molar-refractivity contribution >= 4 is 17.3 Å². The molecule has 10 heteroatoms. The highest BCUT2D eigenvalue weighted by atomic mass is 19.1. The number of aromatic nitrogens is 4. The SMILES string of the molecule is Cc1c([N+](=O)[O-])cnn1CCC(=O)Nc1cnn(Cc2ccccc2F)c1. The summed E-state index contributed by atoms with van der Waals surface area (Å²) in [7, 11) is 0. The number of nitrogens with zero attached hydrogens (tertiary/aromatic N) is 5. The molecule has 3 aromatic rings. The third-order valence-corrected chi connectivity index (χ3v) is 4.03. The Bertz CT molecular complexity index is 981. The molecule has 1 N–H and O–H groups in total. The van der Waals surface area contributed by atoms with Crippen molar-refractivity contribution in [3.05, 3.63) is 70.0 Å². The molecule has 27 heavy (non-hydrogen) atoms. The molecule has 0 saturated carbocycles. The number of hydrogen-bond acceptors (Lipinski definition) is 5.